The molecule has 2 amide bonds. The molecule has 0 fully saturated rings. The number of likely N-dealkylation sites (N-methyl/N-ethyl adjacent to an activating group) is 1. The van der Waals surface area contributed by atoms with E-state index < -0.39 is 0 Å². The van der Waals surface area contributed by atoms with E-state index in [1.165, 1.54) is 9.80 Å². The van der Waals surface area contributed by atoms with E-state index in [0.29, 0.717) is 17.9 Å². The van der Waals surface area contributed by atoms with Gasteiger partial charge in [0.2, 0.25) is 5.91 Å². The Kier molecular flexibility index (Phi) is 4.57. The van der Waals surface area contributed by atoms with Gasteiger partial charge in [-0.1, -0.05) is 12.1 Å². The summed E-state index contributed by atoms with van der Waals surface area (Å²) in [6, 6.07) is 6.96. The summed E-state index contributed by atoms with van der Waals surface area (Å²) in [7, 11) is 1.64. The van der Waals surface area contributed by atoms with Gasteiger partial charge >= 0.3 is 5.97 Å². The molecule has 0 saturated heterocycles. The van der Waals surface area contributed by atoms with Crippen LogP contribution in [-0.2, 0) is 14.3 Å². The Bertz CT molecular complexity index is 571. The van der Waals surface area contributed by atoms with Crippen molar-refractivity contribution >= 4 is 23.5 Å². The Morgan fingerprint density at radius 3 is 2.71 bits per heavy atom. The van der Waals surface area contributed by atoms with E-state index >= 15 is 0 Å². The topological polar surface area (TPSA) is 66.9 Å². The lowest BCUT2D eigenvalue weighted by atomic mass is 10.1. The van der Waals surface area contributed by atoms with Crippen LogP contribution in [0.1, 0.15) is 23.7 Å². The SMILES string of the molecule is CCOC(=O)CCN1CC(=O)N(C)c2ccccc2C1=O. The first-order valence-corrected chi connectivity index (χ1v) is 6.85. The van der Waals surface area contributed by atoms with Gasteiger partial charge in [-0.05, 0) is 19.1 Å². The summed E-state index contributed by atoms with van der Waals surface area (Å²) in [6.07, 6.45) is 0.0821. The average Bonchev–Trinajstić information content (AvgIpc) is 2.57. The predicted molar refractivity (Wildman–Crippen MR) is 77.0 cm³/mol. The van der Waals surface area contributed by atoms with Crippen molar-refractivity contribution in [3.05, 3.63) is 29.8 Å². The van der Waals surface area contributed by atoms with Crippen molar-refractivity contribution in [2.45, 2.75) is 13.3 Å². The summed E-state index contributed by atoms with van der Waals surface area (Å²) < 4.78 is 4.84. The molecule has 1 aliphatic heterocycles. The Morgan fingerprint density at radius 1 is 1.29 bits per heavy atom. The Labute approximate surface area is 123 Å². The summed E-state index contributed by atoms with van der Waals surface area (Å²) >= 11 is 0. The third-order valence-corrected chi connectivity index (χ3v) is 3.37. The van der Waals surface area contributed by atoms with Crippen LogP contribution in [0.3, 0.4) is 0 Å². The molecule has 0 radical (unpaired) electrons. The van der Waals surface area contributed by atoms with E-state index in [9.17, 15) is 14.4 Å². The van der Waals surface area contributed by atoms with Gasteiger partial charge in [-0.3, -0.25) is 14.4 Å². The molecule has 6 nitrogen and oxygen atoms in total. The highest BCUT2D eigenvalue weighted by Crippen LogP contribution is 2.24. The molecule has 0 aliphatic carbocycles. The third-order valence-electron chi connectivity index (χ3n) is 3.37. The molecule has 0 N–H and O–H groups in total. The summed E-state index contributed by atoms with van der Waals surface area (Å²) in [5.74, 6) is -0.798. The van der Waals surface area contributed by atoms with Crippen molar-refractivity contribution in [3.8, 4) is 0 Å². The van der Waals surface area contributed by atoms with Crippen molar-refractivity contribution in [2.24, 2.45) is 0 Å². The second-order valence-electron chi connectivity index (χ2n) is 4.75. The molecule has 1 aromatic carbocycles. The minimum atomic E-state index is -0.372. The zero-order valence-electron chi connectivity index (χ0n) is 12.2. The molecule has 21 heavy (non-hydrogen) atoms. The molecule has 0 aromatic heterocycles. The van der Waals surface area contributed by atoms with Gasteiger partial charge in [0.25, 0.3) is 5.91 Å². The van der Waals surface area contributed by atoms with Crippen LogP contribution >= 0.6 is 0 Å². The fourth-order valence-corrected chi connectivity index (χ4v) is 2.23. The summed E-state index contributed by atoms with van der Waals surface area (Å²) in [6.45, 7) is 2.16. The second-order valence-corrected chi connectivity index (χ2v) is 4.75. The molecular formula is C15H18N2O4. The Morgan fingerprint density at radius 2 is 2.00 bits per heavy atom. The first-order chi connectivity index (χ1) is 10.0. The van der Waals surface area contributed by atoms with E-state index in [2.05, 4.69) is 0 Å². The summed E-state index contributed by atoms with van der Waals surface area (Å²) in [4.78, 5) is 38.9. The second kappa shape index (κ2) is 6.39. The van der Waals surface area contributed by atoms with Crippen molar-refractivity contribution in [2.75, 3.05) is 31.6 Å². The Hall–Kier alpha value is -2.37. The number of hydrogen-bond acceptors (Lipinski definition) is 4. The summed E-state index contributed by atoms with van der Waals surface area (Å²) in [5.41, 5.74) is 1.06. The normalized spacial score (nSPS) is 14.8. The number of benzene rings is 1. The van der Waals surface area contributed by atoms with Crippen LogP contribution in [0, 0.1) is 0 Å². The van der Waals surface area contributed by atoms with Crippen LogP contribution in [0.4, 0.5) is 5.69 Å². The monoisotopic (exact) mass is 290 g/mol. The molecule has 0 spiro atoms. The van der Waals surface area contributed by atoms with Crippen LogP contribution in [0.25, 0.3) is 0 Å². The highest BCUT2D eigenvalue weighted by Gasteiger charge is 2.29. The average molecular weight is 290 g/mol. The Balaban J connectivity index is 2.19. The lowest BCUT2D eigenvalue weighted by molar-refractivity contribution is -0.143. The highest BCUT2D eigenvalue weighted by atomic mass is 16.5. The molecule has 0 bridgehead atoms. The number of fused-ring (bicyclic) bond motifs is 1. The highest BCUT2D eigenvalue weighted by molar-refractivity contribution is 6.09. The van der Waals surface area contributed by atoms with Crippen molar-refractivity contribution in [3.63, 3.8) is 0 Å². The molecule has 2 rings (SSSR count). The van der Waals surface area contributed by atoms with Crippen molar-refractivity contribution in [1.29, 1.82) is 0 Å². The number of anilines is 1. The number of hydrogen-bond donors (Lipinski definition) is 0. The van der Waals surface area contributed by atoms with Crippen LogP contribution < -0.4 is 4.90 Å². The van der Waals surface area contributed by atoms with Gasteiger partial charge in [0.15, 0.2) is 0 Å². The van der Waals surface area contributed by atoms with Crippen molar-refractivity contribution in [1.82, 2.24) is 4.90 Å². The quantitative estimate of drug-likeness (QED) is 0.778. The van der Waals surface area contributed by atoms with Gasteiger partial charge in [0, 0.05) is 13.6 Å². The molecule has 0 atom stereocenters. The predicted octanol–water partition coefficient (Wildman–Crippen LogP) is 1.06. The molecule has 1 aromatic rings. The number of ether oxygens (including phenoxy) is 1. The smallest absolute Gasteiger partial charge is 0.307 e. The van der Waals surface area contributed by atoms with Crippen LogP contribution in [0.5, 0.6) is 0 Å². The third kappa shape index (κ3) is 3.21. The minimum Gasteiger partial charge on any atom is -0.466 e. The maximum Gasteiger partial charge on any atom is 0.307 e. The van der Waals surface area contributed by atoms with E-state index in [1.54, 1.807) is 38.2 Å². The molecular weight excluding hydrogens is 272 g/mol. The molecule has 1 heterocycles. The number of carbonyl (C=O) groups excluding carboxylic acids is 3. The van der Waals surface area contributed by atoms with Crippen LogP contribution in [0.15, 0.2) is 24.3 Å². The largest absolute Gasteiger partial charge is 0.466 e. The van der Waals surface area contributed by atoms with Crippen molar-refractivity contribution < 1.29 is 19.1 Å². The van der Waals surface area contributed by atoms with E-state index in [1.807, 2.05) is 0 Å². The van der Waals surface area contributed by atoms with Gasteiger partial charge in [-0.15, -0.1) is 0 Å². The summed E-state index contributed by atoms with van der Waals surface area (Å²) in [5, 5.41) is 0. The van der Waals surface area contributed by atoms with E-state index in [0.717, 1.165) is 0 Å². The molecule has 0 unspecified atom stereocenters. The van der Waals surface area contributed by atoms with Crippen LogP contribution in [0.2, 0.25) is 0 Å². The lowest BCUT2D eigenvalue weighted by Gasteiger charge is -2.19. The molecule has 0 saturated carbocycles. The van der Waals surface area contributed by atoms with E-state index in [-0.39, 0.29) is 37.3 Å². The molecule has 1 aliphatic rings. The number of esters is 1. The maximum absolute atomic E-state index is 12.5. The number of nitrogens with zero attached hydrogens (tertiary/aromatic N) is 2. The standard InChI is InChI=1S/C15H18N2O4/c1-3-21-14(19)8-9-17-10-13(18)16(2)12-7-5-4-6-11(12)15(17)20/h4-7H,3,8-10H2,1-2H3. The first-order valence-electron chi connectivity index (χ1n) is 6.85. The van der Waals surface area contributed by atoms with Gasteiger partial charge in [0.1, 0.15) is 6.54 Å². The number of amides is 2. The molecule has 112 valence electrons. The van der Waals surface area contributed by atoms with Gasteiger partial charge < -0.3 is 14.5 Å². The molecule has 6 heteroatoms. The fourth-order valence-electron chi connectivity index (χ4n) is 2.23. The number of carbonyl (C=O) groups is 3. The first kappa shape index (κ1) is 15.0. The maximum atomic E-state index is 12.5. The number of rotatable bonds is 4. The van der Waals surface area contributed by atoms with Crippen LogP contribution in [-0.4, -0.2) is 49.4 Å². The minimum absolute atomic E-state index is 0.0383. The fraction of sp³-hybridized carbons (Fsp3) is 0.400. The zero-order chi connectivity index (χ0) is 15.4. The van der Waals surface area contributed by atoms with Gasteiger partial charge in [0.05, 0.1) is 24.3 Å². The lowest BCUT2D eigenvalue weighted by Crippen LogP contribution is -2.39. The van der Waals surface area contributed by atoms with Gasteiger partial charge in [-0.2, -0.15) is 0 Å². The number of para-hydroxylation sites is 1. The van der Waals surface area contributed by atoms with E-state index in [4.69, 9.17) is 4.74 Å². The van der Waals surface area contributed by atoms with Gasteiger partial charge in [-0.25, -0.2) is 0 Å². The zero-order valence-corrected chi connectivity index (χ0v) is 12.2.